The number of benzene rings is 3. The minimum atomic E-state index is -3.74. The Kier molecular flexibility index (Phi) is 19.7. The summed E-state index contributed by atoms with van der Waals surface area (Å²) in [4.78, 5) is 36.8. The molecule has 342 valence electrons. The predicted molar refractivity (Wildman–Crippen MR) is 229 cm³/mol. The summed E-state index contributed by atoms with van der Waals surface area (Å²) in [5.41, 5.74) is 3.71. The van der Waals surface area contributed by atoms with E-state index in [1.54, 1.807) is 37.3 Å². The molecular formula is C45H55FN2O14S. The zero-order valence-electron chi connectivity index (χ0n) is 35.5. The fourth-order valence-electron chi connectivity index (χ4n) is 6.36. The smallest absolute Gasteiger partial charge is 0.373 e. The van der Waals surface area contributed by atoms with Gasteiger partial charge >= 0.3 is 5.97 Å². The summed E-state index contributed by atoms with van der Waals surface area (Å²) in [5, 5.41) is 12.9. The van der Waals surface area contributed by atoms with E-state index in [9.17, 15) is 32.3 Å². The number of esters is 1. The van der Waals surface area contributed by atoms with E-state index in [-0.39, 0.29) is 56.3 Å². The van der Waals surface area contributed by atoms with Gasteiger partial charge in [-0.3, -0.25) is 9.59 Å². The molecule has 0 spiro atoms. The second-order valence-electron chi connectivity index (χ2n) is 14.3. The Bertz CT molecular complexity index is 2260. The number of aliphatic hydroxyl groups is 1. The largest absolute Gasteiger partial charge is 0.502 e. The summed E-state index contributed by atoms with van der Waals surface area (Å²) in [7, 11) is -2.22. The lowest BCUT2D eigenvalue weighted by Gasteiger charge is -2.12. The van der Waals surface area contributed by atoms with Gasteiger partial charge in [0, 0.05) is 36.2 Å². The molecule has 18 heteroatoms. The highest BCUT2D eigenvalue weighted by Crippen LogP contribution is 2.45. The molecule has 0 unspecified atom stereocenters. The van der Waals surface area contributed by atoms with Crippen molar-refractivity contribution in [2.45, 2.75) is 38.0 Å². The Labute approximate surface area is 366 Å². The van der Waals surface area contributed by atoms with Gasteiger partial charge in [-0.1, -0.05) is 18.2 Å². The van der Waals surface area contributed by atoms with Crippen molar-refractivity contribution in [3.05, 3.63) is 106 Å². The van der Waals surface area contributed by atoms with Crippen molar-refractivity contribution in [3.8, 4) is 11.3 Å². The van der Waals surface area contributed by atoms with Crippen molar-refractivity contribution < 1.29 is 69.9 Å². The summed E-state index contributed by atoms with van der Waals surface area (Å²) in [6, 6.07) is 15.9. The topological polar surface area (TPSA) is 207 Å². The van der Waals surface area contributed by atoms with Gasteiger partial charge in [0.2, 0.25) is 15.8 Å². The van der Waals surface area contributed by atoms with Crippen molar-refractivity contribution in [3.63, 3.8) is 0 Å². The molecule has 63 heavy (non-hydrogen) atoms. The van der Waals surface area contributed by atoms with Crippen molar-refractivity contribution >= 4 is 38.7 Å². The molecule has 1 aliphatic rings. The van der Waals surface area contributed by atoms with Crippen LogP contribution in [-0.2, 0) is 60.3 Å². The second kappa shape index (κ2) is 25.3. The zero-order valence-corrected chi connectivity index (χ0v) is 36.3. The van der Waals surface area contributed by atoms with Gasteiger partial charge in [-0.25, -0.2) is 22.3 Å². The van der Waals surface area contributed by atoms with Crippen LogP contribution in [0, 0.1) is 5.82 Å². The molecule has 0 bridgehead atoms. The Morgan fingerprint density at radius 3 is 2.02 bits per heavy atom. The molecule has 1 heterocycles. The van der Waals surface area contributed by atoms with E-state index in [0.717, 1.165) is 30.0 Å². The highest BCUT2D eigenvalue weighted by Gasteiger charge is 2.31. The van der Waals surface area contributed by atoms with Gasteiger partial charge in [-0.05, 0) is 84.8 Å². The molecule has 5 rings (SSSR count). The number of hydrogen-bond donors (Lipinski definition) is 3. The predicted octanol–water partition coefficient (Wildman–Crippen LogP) is 5.38. The Balaban J connectivity index is 0.871. The lowest BCUT2D eigenvalue weighted by atomic mass is 9.98. The second-order valence-corrected chi connectivity index (χ2v) is 16.1. The first-order valence-corrected chi connectivity index (χ1v) is 22.4. The summed E-state index contributed by atoms with van der Waals surface area (Å²) in [5.74, 6) is -2.82. The van der Waals surface area contributed by atoms with Crippen molar-refractivity contribution in [1.29, 1.82) is 0 Å². The van der Waals surface area contributed by atoms with Crippen LogP contribution in [0.15, 0.2) is 76.9 Å². The van der Waals surface area contributed by atoms with Gasteiger partial charge in [0.05, 0.1) is 97.2 Å². The first-order chi connectivity index (χ1) is 30.5. The van der Waals surface area contributed by atoms with E-state index in [2.05, 4.69) is 14.8 Å². The Morgan fingerprint density at radius 1 is 0.825 bits per heavy atom. The maximum Gasteiger partial charge on any atom is 0.373 e. The average Bonchev–Trinajstić information content (AvgIpc) is 4.05. The molecule has 0 radical (unpaired) electrons. The number of allylic oxidation sites excluding steroid dienone is 1. The van der Waals surface area contributed by atoms with Gasteiger partial charge in [0.1, 0.15) is 17.2 Å². The van der Waals surface area contributed by atoms with E-state index < -0.39 is 33.4 Å². The van der Waals surface area contributed by atoms with E-state index >= 15 is 0 Å². The fraction of sp³-hybridized carbons (Fsp3) is 0.444. The highest BCUT2D eigenvalue weighted by molar-refractivity contribution is 7.88. The van der Waals surface area contributed by atoms with Crippen LogP contribution in [0.25, 0.3) is 22.3 Å². The number of ether oxygens (including phenoxy) is 7. The molecule has 1 aromatic heterocycles. The summed E-state index contributed by atoms with van der Waals surface area (Å²) in [6.45, 7) is 5.68. The van der Waals surface area contributed by atoms with E-state index in [1.807, 2.05) is 6.07 Å². The van der Waals surface area contributed by atoms with E-state index in [4.69, 9.17) is 32.8 Å². The molecule has 1 aliphatic carbocycles. The molecule has 3 N–H and O–H groups in total. The average molecular weight is 899 g/mol. The number of furan rings is 1. The lowest BCUT2D eigenvalue weighted by molar-refractivity contribution is -0.141. The molecule has 16 nitrogen and oxygen atoms in total. The number of sulfonamides is 1. The fourth-order valence-corrected chi connectivity index (χ4v) is 7.51. The molecule has 0 saturated heterocycles. The van der Waals surface area contributed by atoms with Gasteiger partial charge < -0.3 is 48.0 Å². The SMILES string of the molecule is CCOC(=O)/C(O)=C/C(=O)c1cccc(COCCOCCOCCOCCOCCOCCNS(=O)(=O)Cc2cc3oc(-c4ccc(F)cc4)c(C(=O)NC)c3cc2C2CC2)c1. The number of fused-ring (bicyclic) bond motifs is 1. The number of ketones is 1. The number of carbonyl (C=O) groups excluding carboxylic acids is 3. The molecule has 1 amide bonds. The molecule has 0 aliphatic heterocycles. The monoisotopic (exact) mass is 898 g/mol. The first kappa shape index (κ1) is 49.0. The first-order valence-electron chi connectivity index (χ1n) is 20.7. The lowest BCUT2D eigenvalue weighted by Crippen LogP contribution is -2.29. The number of carbonyl (C=O) groups is 3. The van der Waals surface area contributed by atoms with Crippen LogP contribution in [0.2, 0.25) is 0 Å². The zero-order chi connectivity index (χ0) is 45.0. The number of nitrogens with one attached hydrogen (secondary N) is 2. The minimum absolute atomic E-state index is 0.0789. The van der Waals surface area contributed by atoms with Crippen molar-refractivity contribution in [2.75, 3.05) is 92.9 Å². The highest BCUT2D eigenvalue weighted by atomic mass is 32.2. The van der Waals surface area contributed by atoms with Crippen LogP contribution in [-0.4, -0.2) is 124 Å². The molecule has 4 aromatic rings. The molecule has 1 saturated carbocycles. The van der Waals surface area contributed by atoms with Crippen LogP contribution < -0.4 is 10.0 Å². The third-order valence-electron chi connectivity index (χ3n) is 9.53. The number of amides is 1. The summed E-state index contributed by atoms with van der Waals surface area (Å²) >= 11 is 0. The van der Waals surface area contributed by atoms with E-state index in [0.29, 0.717) is 92.7 Å². The van der Waals surface area contributed by atoms with Crippen molar-refractivity contribution in [1.82, 2.24) is 10.0 Å². The van der Waals surface area contributed by atoms with Crippen molar-refractivity contribution in [2.24, 2.45) is 0 Å². The molecule has 0 atom stereocenters. The normalized spacial score (nSPS) is 13.1. The third-order valence-corrected chi connectivity index (χ3v) is 10.9. The summed E-state index contributed by atoms with van der Waals surface area (Å²) in [6.07, 6.45) is 2.66. The molecular weight excluding hydrogens is 844 g/mol. The number of halogens is 1. The Morgan fingerprint density at radius 2 is 1.43 bits per heavy atom. The maximum atomic E-state index is 13.6. The Hall–Kier alpha value is -5.05. The minimum Gasteiger partial charge on any atom is -0.502 e. The molecule has 1 fully saturated rings. The summed E-state index contributed by atoms with van der Waals surface area (Å²) < 4.78 is 86.4. The maximum absolute atomic E-state index is 13.6. The standard InChI is InChI=1S/C45H55FN2O14S/c1-3-61-45(52)40(50)28-39(49)34-6-4-5-31(25-34)29-60-24-23-59-22-21-58-20-19-57-18-17-56-16-15-55-14-13-48-63(53,54)30-35-26-41-38(27-37(35)32-7-8-32)42(44(51)47-2)43(62-41)33-9-11-36(46)12-10-33/h4-6,9-12,25-28,32,48,50H,3,7-8,13-24,29-30H2,1-2H3,(H,47,51)/b40-28-. The van der Waals surface area contributed by atoms with Gasteiger partial charge in [0.15, 0.2) is 5.78 Å². The number of aliphatic hydroxyl groups excluding tert-OH is 1. The van der Waals surface area contributed by atoms with Gasteiger partial charge in [0.25, 0.3) is 5.91 Å². The van der Waals surface area contributed by atoms with Crippen LogP contribution in [0.3, 0.4) is 0 Å². The quantitative estimate of drug-likeness (QED) is 0.0198. The number of hydrogen-bond acceptors (Lipinski definition) is 14. The molecule has 3 aromatic carbocycles. The number of rotatable bonds is 30. The van der Waals surface area contributed by atoms with Gasteiger partial charge in [-0.2, -0.15) is 0 Å². The van der Waals surface area contributed by atoms with Crippen LogP contribution in [0.1, 0.15) is 63.1 Å². The third kappa shape index (κ3) is 15.9. The van der Waals surface area contributed by atoms with E-state index in [1.165, 1.54) is 31.3 Å². The van der Waals surface area contributed by atoms with Crippen LogP contribution >= 0.6 is 0 Å². The van der Waals surface area contributed by atoms with Crippen LogP contribution in [0.4, 0.5) is 4.39 Å². The van der Waals surface area contributed by atoms with Gasteiger partial charge in [-0.15, -0.1) is 0 Å². The van der Waals surface area contributed by atoms with Crippen LogP contribution in [0.5, 0.6) is 0 Å².